The summed E-state index contributed by atoms with van der Waals surface area (Å²) in [6, 6.07) is 6.21. The third-order valence-corrected chi connectivity index (χ3v) is 3.12. The van der Waals surface area contributed by atoms with Gasteiger partial charge in [0.15, 0.2) is 0 Å². The highest BCUT2D eigenvalue weighted by Gasteiger charge is 2.22. The Labute approximate surface area is 147 Å². The van der Waals surface area contributed by atoms with E-state index in [2.05, 4.69) is 18.3 Å². The lowest BCUT2D eigenvalue weighted by Crippen LogP contribution is -2.40. The minimum Gasteiger partial charge on any atom is -0.488 e. The molecule has 4 heteroatoms. The molecule has 1 N–H and O–H groups in total. The number of rotatable bonds is 2. The maximum atomic E-state index is 11.6. The van der Waals surface area contributed by atoms with Crippen LogP contribution in [0.4, 0.5) is 4.79 Å². The summed E-state index contributed by atoms with van der Waals surface area (Å²) in [7, 11) is 0. The lowest BCUT2D eigenvalue weighted by molar-refractivity contribution is 0.0494. The Kier molecular flexibility index (Phi) is 10.2. The van der Waals surface area contributed by atoms with E-state index in [4.69, 9.17) is 9.47 Å². The number of nitrogens with one attached hydrogen (secondary N) is 1. The zero-order chi connectivity index (χ0) is 18.8. The lowest BCUT2D eigenvalue weighted by Gasteiger charge is -2.27. The Morgan fingerprint density at radius 1 is 1.25 bits per heavy atom. The molecule has 0 bridgehead atoms. The van der Waals surface area contributed by atoms with Gasteiger partial charge in [0.2, 0.25) is 0 Å². The van der Waals surface area contributed by atoms with Crippen LogP contribution in [0.1, 0.15) is 66.0 Å². The van der Waals surface area contributed by atoms with Crippen LogP contribution >= 0.6 is 0 Å². The third kappa shape index (κ3) is 8.23. The van der Waals surface area contributed by atoms with Crippen molar-refractivity contribution in [2.75, 3.05) is 6.54 Å². The quantitative estimate of drug-likeness (QED) is 0.800. The predicted molar refractivity (Wildman–Crippen MR) is 101 cm³/mol. The summed E-state index contributed by atoms with van der Waals surface area (Å²) in [5.41, 5.74) is 2.03. The summed E-state index contributed by atoms with van der Waals surface area (Å²) in [5, 5.41) is 2.76. The van der Waals surface area contributed by atoms with E-state index < -0.39 is 11.7 Å². The average molecular weight is 338 g/mol. The van der Waals surface area contributed by atoms with Gasteiger partial charge in [-0.05, 0) is 52.2 Å². The number of alkyl carbamates (subject to hydrolysis) is 1. The monoisotopic (exact) mass is 337 g/mol. The van der Waals surface area contributed by atoms with Gasteiger partial charge in [-0.1, -0.05) is 45.4 Å². The maximum Gasteiger partial charge on any atom is 0.407 e. The number of ether oxygens (including phenoxy) is 2. The minimum atomic E-state index is -0.471. The molecule has 0 aromatic heterocycles. The number of benzene rings is 1. The smallest absolute Gasteiger partial charge is 0.407 e. The zero-order valence-electron chi connectivity index (χ0n) is 16.7. The van der Waals surface area contributed by atoms with Crippen LogP contribution < -0.4 is 10.1 Å². The number of carbonyl (C=O) groups excluding carboxylic acids is 1. The van der Waals surface area contributed by atoms with Crippen LogP contribution in [0, 0.1) is 6.92 Å². The SMILES string of the molecule is CC.CC.Cc1ccc2c(c1)CCC(CNC(=O)OC(C)(C)C)O2. The summed E-state index contributed by atoms with van der Waals surface area (Å²) in [6.07, 6.45) is 1.51. The summed E-state index contributed by atoms with van der Waals surface area (Å²) >= 11 is 0. The van der Waals surface area contributed by atoms with Crippen LogP contribution in [0.2, 0.25) is 0 Å². The van der Waals surface area contributed by atoms with E-state index >= 15 is 0 Å². The summed E-state index contributed by atoms with van der Waals surface area (Å²) < 4.78 is 11.1. The molecule has 0 spiro atoms. The summed E-state index contributed by atoms with van der Waals surface area (Å²) in [4.78, 5) is 11.6. The Bertz CT molecular complexity index is 492. The van der Waals surface area contributed by atoms with Crippen molar-refractivity contribution in [3.8, 4) is 5.75 Å². The van der Waals surface area contributed by atoms with Gasteiger partial charge in [-0.2, -0.15) is 0 Å². The van der Waals surface area contributed by atoms with E-state index in [1.807, 2.05) is 60.6 Å². The van der Waals surface area contributed by atoms with E-state index in [1.165, 1.54) is 11.1 Å². The first-order valence-electron chi connectivity index (χ1n) is 9.06. The first-order valence-corrected chi connectivity index (χ1v) is 9.06. The second-order valence-corrected chi connectivity index (χ2v) is 6.27. The van der Waals surface area contributed by atoms with Gasteiger partial charge in [-0.15, -0.1) is 0 Å². The van der Waals surface area contributed by atoms with Crippen LogP contribution in [0.3, 0.4) is 0 Å². The van der Waals surface area contributed by atoms with Crippen molar-refractivity contribution < 1.29 is 14.3 Å². The van der Waals surface area contributed by atoms with Gasteiger partial charge >= 0.3 is 6.09 Å². The third-order valence-electron chi connectivity index (χ3n) is 3.12. The Morgan fingerprint density at radius 2 is 1.88 bits per heavy atom. The number of carbonyl (C=O) groups is 1. The largest absolute Gasteiger partial charge is 0.488 e. The fourth-order valence-corrected chi connectivity index (χ4v) is 2.23. The van der Waals surface area contributed by atoms with Crippen LogP contribution in [-0.2, 0) is 11.2 Å². The second kappa shape index (κ2) is 11.0. The molecule has 138 valence electrons. The van der Waals surface area contributed by atoms with Gasteiger partial charge in [0.1, 0.15) is 17.5 Å². The molecule has 1 aliphatic heterocycles. The van der Waals surface area contributed by atoms with Crippen LogP contribution in [-0.4, -0.2) is 24.3 Å². The van der Waals surface area contributed by atoms with Crippen molar-refractivity contribution in [2.24, 2.45) is 0 Å². The molecule has 1 heterocycles. The molecule has 4 nitrogen and oxygen atoms in total. The van der Waals surface area contributed by atoms with Crippen molar-refractivity contribution in [3.63, 3.8) is 0 Å². The molecule has 1 atom stereocenters. The normalized spacial score (nSPS) is 15.4. The molecule has 1 unspecified atom stereocenters. The molecule has 1 amide bonds. The topological polar surface area (TPSA) is 47.6 Å². The molecular formula is C20H35NO3. The molecule has 1 aliphatic rings. The summed E-state index contributed by atoms with van der Waals surface area (Å²) in [5.74, 6) is 0.929. The Hall–Kier alpha value is -1.71. The van der Waals surface area contributed by atoms with E-state index in [9.17, 15) is 4.79 Å². The van der Waals surface area contributed by atoms with Crippen molar-refractivity contribution in [1.82, 2.24) is 5.32 Å². The molecule has 1 aromatic rings. The zero-order valence-corrected chi connectivity index (χ0v) is 16.7. The predicted octanol–water partition coefficient (Wildman–Crippen LogP) is 5.27. The van der Waals surface area contributed by atoms with Crippen molar-refractivity contribution in [2.45, 2.75) is 79.9 Å². The van der Waals surface area contributed by atoms with Gasteiger partial charge in [0.05, 0.1) is 6.54 Å². The van der Waals surface area contributed by atoms with Crippen molar-refractivity contribution >= 4 is 6.09 Å². The maximum absolute atomic E-state index is 11.6. The molecule has 0 fully saturated rings. The average Bonchev–Trinajstić information content (AvgIpc) is 2.55. The molecular weight excluding hydrogens is 302 g/mol. The van der Waals surface area contributed by atoms with Crippen molar-refractivity contribution in [1.29, 1.82) is 0 Å². The number of hydrogen-bond acceptors (Lipinski definition) is 3. The van der Waals surface area contributed by atoms with Gasteiger partial charge in [-0.25, -0.2) is 4.79 Å². The first kappa shape index (κ1) is 22.3. The Balaban J connectivity index is 0.00000123. The molecule has 1 aromatic carbocycles. The van der Waals surface area contributed by atoms with Gasteiger partial charge in [0, 0.05) is 0 Å². The molecule has 0 aliphatic carbocycles. The first-order chi connectivity index (χ1) is 11.3. The van der Waals surface area contributed by atoms with E-state index in [1.54, 1.807) is 0 Å². The van der Waals surface area contributed by atoms with Gasteiger partial charge in [0.25, 0.3) is 0 Å². The van der Waals surface area contributed by atoms with E-state index in [-0.39, 0.29) is 6.10 Å². The highest BCUT2D eigenvalue weighted by atomic mass is 16.6. The molecule has 24 heavy (non-hydrogen) atoms. The number of fused-ring (bicyclic) bond motifs is 1. The molecule has 2 rings (SSSR count). The number of hydrogen-bond donors (Lipinski definition) is 1. The van der Waals surface area contributed by atoms with Crippen LogP contribution in [0.15, 0.2) is 18.2 Å². The number of aryl methyl sites for hydroxylation is 2. The van der Waals surface area contributed by atoms with E-state index in [0.29, 0.717) is 6.54 Å². The summed E-state index contributed by atoms with van der Waals surface area (Å²) in [6.45, 7) is 16.1. The highest BCUT2D eigenvalue weighted by molar-refractivity contribution is 5.67. The molecule has 0 saturated heterocycles. The lowest BCUT2D eigenvalue weighted by atomic mass is 10.0. The van der Waals surface area contributed by atoms with Crippen molar-refractivity contribution in [3.05, 3.63) is 29.3 Å². The fourth-order valence-electron chi connectivity index (χ4n) is 2.23. The minimum absolute atomic E-state index is 0.0118. The van der Waals surface area contributed by atoms with E-state index in [0.717, 1.165) is 18.6 Å². The van der Waals surface area contributed by atoms with Gasteiger partial charge < -0.3 is 14.8 Å². The Morgan fingerprint density at radius 3 is 2.46 bits per heavy atom. The van der Waals surface area contributed by atoms with Crippen LogP contribution in [0.5, 0.6) is 5.75 Å². The second-order valence-electron chi connectivity index (χ2n) is 6.27. The van der Waals surface area contributed by atoms with Crippen LogP contribution in [0.25, 0.3) is 0 Å². The van der Waals surface area contributed by atoms with Gasteiger partial charge in [-0.3, -0.25) is 0 Å². The molecule has 0 radical (unpaired) electrons. The fraction of sp³-hybridized carbons (Fsp3) is 0.650. The number of amides is 1. The highest BCUT2D eigenvalue weighted by Crippen LogP contribution is 2.28. The molecule has 0 saturated carbocycles. The standard InChI is InChI=1S/C16H23NO3.2C2H6/c1-11-5-8-14-12(9-11)6-7-13(19-14)10-17-15(18)20-16(2,3)4;2*1-2/h5,8-9,13H,6-7,10H2,1-4H3,(H,17,18);2*1-2H3.